The van der Waals surface area contributed by atoms with Crippen LogP contribution < -0.4 is 0 Å². The first-order valence-corrected chi connectivity index (χ1v) is 5.67. The van der Waals surface area contributed by atoms with Crippen molar-refractivity contribution in [2.45, 2.75) is 13.0 Å². The molecule has 94 valence electrons. The molecule has 0 saturated heterocycles. The number of ether oxygens (including phenoxy) is 1. The van der Waals surface area contributed by atoms with Gasteiger partial charge in [0.1, 0.15) is 5.82 Å². The normalized spacial score (nSPS) is 12.1. The number of rotatable bonds is 4. The van der Waals surface area contributed by atoms with Crippen molar-refractivity contribution >= 4 is 5.97 Å². The van der Waals surface area contributed by atoms with Crippen LogP contribution in [0.2, 0.25) is 0 Å². The van der Waals surface area contributed by atoms with Gasteiger partial charge >= 0.3 is 5.97 Å². The number of aliphatic hydroxyl groups excluding tert-OH is 1. The summed E-state index contributed by atoms with van der Waals surface area (Å²) in [6.45, 7) is 1.93. The molecule has 0 radical (unpaired) electrons. The zero-order valence-corrected chi connectivity index (χ0v) is 9.96. The average molecular weight is 246 g/mol. The number of esters is 1. The number of aliphatic hydroxyl groups is 1. The second-order valence-electron chi connectivity index (χ2n) is 3.68. The molecular weight excluding hydrogens is 232 g/mol. The lowest BCUT2D eigenvalue weighted by atomic mass is 10.0. The van der Waals surface area contributed by atoms with Gasteiger partial charge in [0.05, 0.1) is 6.61 Å². The standard InChI is InChI=1S/C13H14N2O3/c1-2-18-13(17)11(16)9-5-3-4-6-10(9)12-14-7-8-15-12/h3-8,11,16H,2H2,1H3,(H,14,15). The van der Waals surface area contributed by atoms with Gasteiger partial charge < -0.3 is 14.8 Å². The molecule has 2 N–H and O–H groups in total. The highest BCUT2D eigenvalue weighted by Gasteiger charge is 2.22. The van der Waals surface area contributed by atoms with Crippen molar-refractivity contribution in [2.24, 2.45) is 0 Å². The molecule has 1 atom stereocenters. The minimum absolute atomic E-state index is 0.235. The first-order valence-electron chi connectivity index (χ1n) is 5.67. The largest absolute Gasteiger partial charge is 0.464 e. The molecule has 5 nitrogen and oxygen atoms in total. The maximum Gasteiger partial charge on any atom is 0.339 e. The SMILES string of the molecule is CCOC(=O)C(O)c1ccccc1-c1ncc[nH]1. The van der Waals surface area contributed by atoms with E-state index in [2.05, 4.69) is 9.97 Å². The van der Waals surface area contributed by atoms with Crippen LogP contribution in [0, 0.1) is 0 Å². The van der Waals surface area contributed by atoms with Crippen LogP contribution in [0.3, 0.4) is 0 Å². The van der Waals surface area contributed by atoms with Crippen LogP contribution >= 0.6 is 0 Å². The summed E-state index contributed by atoms with van der Waals surface area (Å²) in [7, 11) is 0. The van der Waals surface area contributed by atoms with Crippen LogP contribution in [-0.2, 0) is 9.53 Å². The Morgan fingerprint density at radius 1 is 1.50 bits per heavy atom. The minimum Gasteiger partial charge on any atom is -0.464 e. The zero-order chi connectivity index (χ0) is 13.0. The summed E-state index contributed by atoms with van der Waals surface area (Å²) in [6.07, 6.45) is 2.00. The number of aromatic amines is 1. The molecule has 0 aliphatic rings. The van der Waals surface area contributed by atoms with Gasteiger partial charge in [0, 0.05) is 23.5 Å². The van der Waals surface area contributed by atoms with E-state index in [9.17, 15) is 9.90 Å². The number of H-pyrrole nitrogens is 1. The van der Waals surface area contributed by atoms with Gasteiger partial charge in [-0.3, -0.25) is 0 Å². The number of benzene rings is 1. The summed E-state index contributed by atoms with van der Waals surface area (Å²) in [5.74, 6) is -0.0505. The van der Waals surface area contributed by atoms with Crippen LogP contribution in [0.5, 0.6) is 0 Å². The molecule has 0 amide bonds. The molecule has 0 spiro atoms. The van der Waals surface area contributed by atoms with Gasteiger partial charge in [0.2, 0.25) is 0 Å². The van der Waals surface area contributed by atoms with Gasteiger partial charge in [0.25, 0.3) is 0 Å². The molecular formula is C13H14N2O3. The van der Waals surface area contributed by atoms with Gasteiger partial charge in [-0.05, 0) is 6.92 Å². The third kappa shape index (κ3) is 2.41. The van der Waals surface area contributed by atoms with Crippen molar-refractivity contribution in [2.75, 3.05) is 6.61 Å². The molecule has 1 aromatic heterocycles. The smallest absolute Gasteiger partial charge is 0.339 e. The van der Waals surface area contributed by atoms with Crippen LogP contribution in [0.4, 0.5) is 0 Å². The number of carbonyl (C=O) groups excluding carboxylic acids is 1. The summed E-state index contributed by atoms with van der Waals surface area (Å²) in [6, 6.07) is 7.04. The molecule has 0 bridgehead atoms. The van der Waals surface area contributed by atoms with E-state index in [0.717, 1.165) is 0 Å². The van der Waals surface area contributed by atoms with Crippen LogP contribution in [0.1, 0.15) is 18.6 Å². The van der Waals surface area contributed by atoms with E-state index in [0.29, 0.717) is 17.0 Å². The highest BCUT2D eigenvalue weighted by atomic mass is 16.5. The second-order valence-corrected chi connectivity index (χ2v) is 3.68. The predicted octanol–water partition coefficient (Wildman–Crippen LogP) is 1.67. The number of nitrogens with one attached hydrogen (secondary N) is 1. The molecule has 0 aliphatic carbocycles. The fourth-order valence-corrected chi connectivity index (χ4v) is 1.71. The lowest BCUT2D eigenvalue weighted by Gasteiger charge is -2.13. The van der Waals surface area contributed by atoms with Gasteiger partial charge in [-0.2, -0.15) is 0 Å². The molecule has 1 aromatic carbocycles. The molecule has 5 heteroatoms. The Labute approximate surface area is 104 Å². The van der Waals surface area contributed by atoms with Crippen molar-refractivity contribution < 1.29 is 14.6 Å². The number of hydrogen-bond donors (Lipinski definition) is 2. The molecule has 0 fully saturated rings. The Hall–Kier alpha value is -2.14. The monoisotopic (exact) mass is 246 g/mol. The number of imidazole rings is 1. The number of nitrogens with zero attached hydrogens (tertiary/aromatic N) is 1. The average Bonchev–Trinajstić information content (AvgIpc) is 2.92. The quantitative estimate of drug-likeness (QED) is 0.805. The van der Waals surface area contributed by atoms with Crippen molar-refractivity contribution in [3.63, 3.8) is 0 Å². The lowest BCUT2D eigenvalue weighted by Crippen LogP contribution is -2.16. The van der Waals surface area contributed by atoms with Crippen LogP contribution in [0.25, 0.3) is 11.4 Å². The van der Waals surface area contributed by atoms with E-state index in [4.69, 9.17) is 4.74 Å². The minimum atomic E-state index is -1.30. The van der Waals surface area contributed by atoms with Gasteiger partial charge in [-0.25, -0.2) is 9.78 Å². The third-order valence-corrected chi connectivity index (χ3v) is 2.52. The maximum absolute atomic E-state index is 11.6. The molecule has 2 rings (SSSR count). The Kier molecular flexibility index (Phi) is 3.74. The summed E-state index contributed by atoms with van der Waals surface area (Å²) >= 11 is 0. The van der Waals surface area contributed by atoms with Crippen molar-refractivity contribution in [1.29, 1.82) is 0 Å². The Balaban J connectivity index is 2.36. The zero-order valence-electron chi connectivity index (χ0n) is 9.96. The van der Waals surface area contributed by atoms with Crippen molar-refractivity contribution in [3.05, 3.63) is 42.2 Å². The van der Waals surface area contributed by atoms with Crippen LogP contribution in [0.15, 0.2) is 36.7 Å². The maximum atomic E-state index is 11.6. The third-order valence-electron chi connectivity index (χ3n) is 2.52. The first-order chi connectivity index (χ1) is 8.74. The highest BCUT2D eigenvalue weighted by molar-refractivity contribution is 5.79. The molecule has 18 heavy (non-hydrogen) atoms. The van der Waals surface area contributed by atoms with Gasteiger partial charge in [0.15, 0.2) is 6.10 Å². The Morgan fingerprint density at radius 2 is 2.28 bits per heavy atom. The molecule has 0 aliphatic heterocycles. The molecule has 1 heterocycles. The molecule has 1 unspecified atom stereocenters. The fourth-order valence-electron chi connectivity index (χ4n) is 1.71. The summed E-state index contributed by atoms with van der Waals surface area (Å²) in [5, 5.41) is 9.98. The highest BCUT2D eigenvalue weighted by Crippen LogP contribution is 2.26. The van der Waals surface area contributed by atoms with E-state index >= 15 is 0 Å². The molecule has 0 saturated carbocycles. The van der Waals surface area contributed by atoms with Gasteiger partial charge in [-0.1, -0.05) is 24.3 Å². The number of hydrogen-bond acceptors (Lipinski definition) is 4. The van der Waals surface area contributed by atoms with E-state index in [-0.39, 0.29) is 6.61 Å². The summed E-state index contributed by atoms with van der Waals surface area (Å²) < 4.78 is 4.81. The van der Waals surface area contributed by atoms with E-state index in [1.54, 1.807) is 37.5 Å². The Morgan fingerprint density at radius 3 is 2.94 bits per heavy atom. The van der Waals surface area contributed by atoms with E-state index in [1.807, 2.05) is 6.07 Å². The number of aromatic nitrogens is 2. The van der Waals surface area contributed by atoms with Gasteiger partial charge in [-0.15, -0.1) is 0 Å². The Bertz CT molecular complexity index is 523. The lowest BCUT2D eigenvalue weighted by molar-refractivity contribution is -0.153. The summed E-state index contributed by atoms with van der Waals surface area (Å²) in [5.41, 5.74) is 1.16. The van der Waals surface area contributed by atoms with E-state index in [1.165, 1.54) is 0 Å². The van der Waals surface area contributed by atoms with Crippen molar-refractivity contribution in [1.82, 2.24) is 9.97 Å². The first kappa shape index (κ1) is 12.3. The van der Waals surface area contributed by atoms with Crippen molar-refractivity contribution in [3.8, 4) is 11.4 Å². The van der Waals surface area contributed by atoms with Crippen LogP contribution in [-0.4, -0.2) is 27.7 Å². The fraction of sp³-hybridized carbons (Fsp3) is 0.231. The van der Waals surface area contributed by atoms with E-state index < -0.39 is 12.1 Å². The predicted molar refractivity (Wildman–Crippen MR) is 65.6 cm³/mol. The molecule has 2 aromatic rings. The number of carbonyl (C=O) groups is 1. The second kappa shape index (κ2) is 5.46. The summed E-state index contributed by atoms with van der Waals surface area (Å²) in [4.78, 5) is 18.6. The topological polar surface area (TPSA) is 75.2 Å².